The van der Waals surface area contributed by atoms with E-state index in [0.29, 0.717) is 5.02 Å². The molecule has 0 aliphatic rings. The molecule has 14 heavy (non-hydrogen) atoms. The van der Waals surface area contributed by atoms with Crippen LogP contribution >= 0.6 is 11.6 Å². The maximum absolute atomic E-state index is 10.8. The van der Waals surface area contributed by atoms with Crippen molar-refractivity contribution in [3.8, 4) is 0 Å². The smallest absolute Gasteiger partial charge is 0.310 e. The van der Waals surface area contributed by atoms with Crippen LogP contribution in [0.15, 0.2) is 18.2 Å². The van der Waals surface area contributed by atoms with E-state index in [1.807, 2.05) is 13.0 Å². The SMILES string of the molecule is CCc1ccc(Cl)cc1C(C)C(=O)O. The molecule has 0 bridgehead atoms. The molecule has 0 aromatic heterocycles. The first kappa shape index (κ1) is 11.1. The lowest BCUT2D eigenvalue weighted by Crippen LogP contribution is -2.09. The van der Waals surface area contributed by atoms with E-state index >= 15 is 0 Å². The van der Waals surface area contributed by atoms with E-state index < -0.39 is 11.9 Å². The first-order chi connectivity index (χ1) is 6.56. The standard InChI is InChI=1S/C11H13ClO2/c1-3-8-4-5-9(12)6-10(8)7(2)11(13)14/h4-7H,3H2,1-2H3,(H,13,14). The fourth-order valence-corrected chi connectivity index (χ4v) is 1.60. The molecule has 1 unspecified atom stereocenters. The second-order valence-corrected chi connectivity index (χ2v) is 3.69. The predicted octanol–water partition coefficient (Wildman–Crippen LogP) is 3.09. The van der Waals surface area contributed by atoms with Crippen LogP contribution in [-0.4, -0.2) is 11.1 Å². The molecule has 0 fully saturated rings. The summed E-state index contributed by atoms with van der Waals surface area (Å²) in [7, 11) is 0. The van der Waals surface area contributed by atoms with Gasteiger partial charge in [0.2, 0.25) is 0 Å². The normalized spacial score (nSPS) is 12.5. The van der Waals surface area contributed by atoms with Gasteiger partial charge in [0, 0.05) is 5.02 Å². The molecule has 0 saturated heterocycles. The van der Waals surface area contributed by atoms with E-state index in [1.54, 1.807) is 19.1 Å². The molecule has 76 valence electrons. The third-order valence-corrected chi connectivity index (χ3v) is 2.56. The second kappa shape index (κ2) is 4.47. The Labute approximate surface area is 88.5 Å². The number of halogens is 1. The highest BCUT2D eigenvalue weighted by Crippen LogP contribution is 2.24. The van der Waals surface area contributed by atoms with Crippen LogP contribution in [0.2, 0.25) is 5.02 Å². The number of hydrogen-bond acceptors (Lipinski definition) is 1. The summed E-state index contributed by atoms with van der Waals surface area (Å²) in [4.78, 5) is 10.8. The third-order valence-electron chi connectivity index (χ3n) is 2.33. The zero-order chi connectivity index (χ0) is 10.7. The Balaban J connectivity index is 3.16. The summed E-state index contributed by atoms with van der Waals surface area (Å²) in [5.74, 6) is -1.31. The van der Waals surface area contributed by atoms with Crippen LogP contribution in [0.5, 0.6) is 0 Å². The number of aliphatic carboxylic acids is 1. The van der Waals surface area contributed by atoms with Gasteiger partial charge in [0.15, 0.2) is 0 Å². The van der Waals surface area contributed by atoms with Crippen LogP contribution in [0, 0.1) is 0 Å². The monoisotopic (exact) mass is 212 g/mol. The maximum atomic E-state index is 10.8. The van der Waals surface area contributed by atoms with Gasteiger partial charge in [-0.05, 0) is 36.6 Å². The van der Waals surface area contributed by atoms with Gasteiger partial charge < -0.3 is 5.11 Å². The van der Waals surface area contributed by atoms with E-state index in [1.165, 1.54) is 0 Å². The lowest BCUT2D eigenvalue weighted by Gasteiger charge is -2.12. The van der Waals surface area contributed by atoms with Crippen molar-refractivity contribution in [3.05, 3.63) is 34.3 Å². The Bertz CT molecular complexity index is 347. The minimum Gasteiger partial charge on any atom is -0.481 e. The minimum absolute atomic E-state index is 0.497. The van der Waals surface area contributed by atoms with Gasteiger partial charge in [-0.15, -0.1) is 0 Å². The molecule has 0 radical (unpaired) electrons. The summed E-state index contributed by atoms with van der Waals surface area (Å²) in [6.07, 6.45) is 0.824. The van der Waals surface area contributed by atoms with Crippen LogP contribution in [-0.2, 0) is 11.2 Å². The highest BCUT2D eigenvalue weighted by molar-refractivity contribution is 6.30. The molecule has 0 saturated carbocycles. The second-order valence-electron chi connectivity index (χ2n) is 3.26. The summed E-state index contributed by atoms with van der Waals surface area (Å²) in [5.41, 5.74) is 1.86. The van der Waals surface area contributed by atoms with Crippen LogP contribution in [0.3, 0.4) is 0 Å². The van der Waals surface area contributed by atoms with Crippen molar-refractivity contribution in [1.29, 1.82) is 0 Å². The van der Waals surface area contributed by atoms with E-state index in [0.717, 1.165) is 17.5 Å². The highest BCUT2D eigenvalue weighted by Gasteiger charge is 2.16. The van der Waals surface area contributed by atoms with Crippen molar-refractivity contribution in [3.63, 3.8) is 0 Å². The van der Waals surface area contributed by atoms with Crippen LogP contribution < -0.4 is 0 Å². The third kappa shape index (κ3) is 2.26. The maximum Gasteiger partial charge on any atom is 0.310 e. The first-order valence-corrected chi connectivity index (χ1v) is 4.95. The van der Waals surface area contributed by atoms with E-state index in [2.05, 4.69) is 0 Å². The molecule has 1 atom stereocenters. The van der Waals surface area contributed by atoms with Crippen molar-refractivity contribution in [2.75, 3.05) is 0 Å². The molecule has 0 spiro atoms. The Kier molecular flexibility index (Phi) is 3.53. The largest absolute Gasteiger partial charge is 0.481 e. The van der Waals surface area contributed by atoms with Crippen molar-refractivity contribution in [1.82, 2.24) is 0 Å². The average Bonchev–Trinajstić information content (AvgIpc) is 2.16. The van der Waals surface area contributed by atoms with Gasteiger partial charge in [0.05, 0.1) is 5.92 Å². The number of rotatable bonds is 3. The van der Waals surface area contributed by atoms with E-state index in [-0.39, 0.29) is 0 Å². The van der Waals surface area contributed by atoms with Crippen molar-refractivity contribution < 1.29 is 9.90 Å². The summed E-state index contributed by atoms with van der Waals surface area (Å²) in [6, 6.07) is 5.41. The van der Waals surface area contributed by atoms with Crippen molar-refractivity contribution in [2.24, 2.45) is 0 Å². The lowest BCUT2D eigenvalue weighted by molar-refractivity contribution is -0.138. The number of aryl methyl sites for hydroxylation is 1. The van der Waals surface area contributed by atoms with Crippen LogP contribution in [0.1, 0.15) is 30.9 Å². The zero-order valence-corrected chi connectivity index (χ0v) is 9.01. The van der Waals surface area contributed by atoms with Gasteiger partial charge in [-0.3, -0.25) is 4.79 Å². The predicted molar refractivity (Wildman–Crippen MR) is 56.9 cm³/mol. The topological polar surface area (TPSA) is 37.3 Å². The van der Waals surface area contributed by atoms with Crippen LogP contribution in [0.25, 0.3) is 0 Å². The molecule has 1 aromatic carbocycles. The molecule has 1 N–H and O–H groups in total. The summed E-state index contributed by atoms with van der Waals surface area (Å²) < 4.78 is 0. The average molecular weight is 213 g/mol. The molecule has 3 heteroatoms. The van der Waals surface area contributed by atoms with Gasteiger partial charge in [-0.2, -0.15) is 0 Å². The number of benzene rings is 1. The highest BCUT2D eigenvalue weighted by atomic mass is 35.5. The van der Waals surface area contributed by atoms with E-state index in [4.69, 9.17) is 16.7 Å². The zero-order valence-electron chi connectivity index (χ0n) is 8.25. The van der Waals surface area contributed by atoms with E-state index in [9.17, 15) is 4.79 Å². The molecule has 1 rings (SSSR count). The number of carboxylic acid groups (broad SMARTS) is 1. The molecule has 0 amide bonds. The number of carbonyl (C=O) groups is 1. The molecule has 2 nitrogen and oxygen atoms in total. The summed E-state index contributed by atoms with van der Waals surface area (Å²) >= 11 is 5.83. The molecule has 0 heterocycles. The minimum atomic E-state index is -0.818. The van der Waals surface area contributed by atoms with Gasteiger partial charge in [0.25, 0.3) is 0 Å². The summed E-state index contributed by atoms with van der Waals surface area (Å²) in [5, 5.41) is 9.49. The molecule has 1 aromatic rings. The first-order valence-electron chi connectivity index (χ1n) is 4.57. The Morgan fingerprint density at radius 3 is 2.71 bits per heavy atom. The van der Waals surface area contributed by atoms with Gasteiger partial charge >= 0.3 is 5.97 Å². The fourth-order valence-electron chi connectivity index (χ4n) is 1.42. The summed E-state index contributed by atoms with van der Waals surface area (Å²) in [6.45, 7) is 3.68. The quantitative estimate of drug-likeness (QED) is 0.836. The Hall–Kier alpha value is -1.02. The molecular formula is C11H13ClO2. The van der Waals surface area contributed by atoms with Gasteiger partial charge in [-0.1, -0.05) is 24.6 Å². The Morgan fingerprint density at radius 1 is 1.57 bits per heavy atom. The fraction of sp³-hybridized carbons (Fsp3) is 0.364. The molecule has 0 aliphatic carbocycles. The Morgan fingerprint density at radius 2 is 2.21 bits per heavy atom. The van der Waals surface area contributed by atoms with Crippen LogP contribution in [0.4, 0.5) is 0 Å². The molecule has 0 aliphatic heterocycles. The number of hydrogen-bond donors (Lipinski definition) is 1. The van der Waals surface area contributed by atoms with Crippen molar-refractivity contribution >= 4 is 17.6 Å². The number of carboxylic acids is 1. The lowest BCUT2D eigenvalue weighted by atomic mass is 9.94. The van der Waals surface area contributed by atoms with Gasteiger partial charge in [0.1, 0.15) is 0 Å². The van der Waals surface area contributed by atoms with Gasteiger partial charge in [-0.25, -0.2) is 0 Å². The molecular weight excluding hydrogens is 200 g/mol. The van der Waals surface area contributed by atoms with Crippen molar-refractivity contribution in [2.45, 2.75) is 26.2 Å².